The molecule has 1 aliphatic heterocycles. The molecule has 0 saturated carbocycles. The van der Waals surface area contributed by atoms with Crippen molar-refractivity contribution in [1.29, 1.82) is 0 Å². The third kappa shape index (κ3) is 3.50. The van der Waals surface area contributed by atoms with E-state index in [4.69, 9.17) is 4.98 Å². The van der Waals surface area contributed by atoms with E-state index < -0.39 is 5.60 Å². The molecule has 1 N–H and O–H groups in total. The molecule has 29 heavy (non-hydrogen) atoms. The van der Waals surface area contributed by atoms with Crippen molar-refractivity contribution in [2.75, 3.05) is 32.6 Å². The molecule has 0 bridgehead atoms. The third-order valence-corrected chi connectivity index (χ3v) is 4.97. The molecule has 3 aromatic rings. The summed E-state index contributed by atoms with van der Waals surface area (Å²) in [5, 5.41) is 10.5. The van der Waals surface area contributed by atoms with Gasteiger partial charge in [-0.2, -0.15) is 0 Å². The molecule has 1 amide bonds. The zero-order valence-corrected chi connectivity index (χ0v) is 16.5. The van der Waals surface area contributed by atoms with Gasteiger partial charge in [0.2, 0.25) is 5.60 Å². The molecule has 0 aliphatic carbocycles. The van der Waals surface area contributed by atoms with Crippen LogP contribution in [0.5, 0.6) is 0 Å². The smallest absolute Gasteiger partial charge is 0.267 e. The molecule has 1 aromatic carbocycles. The Bertz CT molecular complexity index is 1160. The van der Waals surface area contributed by atoms with Crippen molar-refractivity contribution in [3.8, 4) is 23.1 Å². The summed E-state index contributed by atoms with van der Waals surface area (Å²) in [6, 6.07) is 11.4. The molecule has 1 saturated heterocycles. The Hall–Kier alpha value is -3.50. The number of hydrogen-bond acceptors (Lipinski definition) is 6. The van der Waals surface area contributed by atoms with E-state index in [1.54, 1.807) is 7.05 Å². The van der Waals surface area contributed by atoms with Crippen molar-refractivity contribution in [2.45, 2.75) is 12.0 Å². The van der Waals surface area contributed by atoms with Crippen LogP contribution in [0.2, 0.25) is 0 Å². The van der Waals surface area contributed by atoms with Gasteiger partial charge in [-0.25, -0.2) is 15.0 Å². The maximum absolute atomic E-state index is 12.1. The zero-order chi connectivity index (χ0) is 20.6. The Balaban J connectivity index is 1.71. The van der Waals surface area contributed by atoms with Gasteiger partial charge < -0.3 is 14.9 Å². The van der Waals surface area contributed by atoms with Gasteiger partial charge >= 0.3 is 0 Å². The second-order valence-corrected chi connectivity index (χ2v) is 7.32. The highest BCUT2D eigenvalue weighted by Crippen LogP contribution is 2.25. The van der Waals surface area contributed by atoms with Crippen LogP contribution in [0.25, 0.3) is 22.3 Å². The normalized spacial score (nSPS) is 18.6. The molecule has 0 radical (unpaired) electrons. The Morgan fingerprint density at radius 3 is 2.76 bits per heavy atom. The van der Waals surface area contributed by atoms with Crippen LogP contribution in [-0.4, -0.2) is 64.2 Å². The quantitative estimate of drug-likeness (QED) is 0.674. The van der Waals surface area contributed by atoms with E-state index in [-0.39, 0.29) is 5.91 Å². The number of pyridine rings is 1. The molecule has 146 valence electrons. The number of nitrogens with zero attached hydrogens (tertiary/aromatic N) is 5. The lowest BCUT2D eigenvalue weighted by molar-refractivity contribution is -0.137. The van der Waals surface area contributed by atoms with Gasteiger partial charge in [-0.1, -0.05) is 24.0 Å². The lowest BCUT2D eigenvalue weighted by atomic mass is 10.0. The largest absolute Gasteiger partial charge is 0.369 e. The molecule has 7 heteroatoms. The minimum absolute atomic E-state index is 0.314. The average molecular weight is 387 g/mol. The van der Waals surface area contributed by atoms with Gasteiger partial charge in [0, 0.05) is 45.2 Å². The minimum Gasteiger partial charge on any atom is -0.369 e. The number of rotatable bonds is 2. The van der Waals surface area contributed by atoms with E-state index in [2.05, 4.69) is 21.8 Å². The Morgan fingerprint density at radius 2 is 2.03 bits per heavy atom. The predicted octanol–water partition coefficient (Wildman–Crippen LogP) is 1.70. The van der Waals surface area contributed by atoms with Crippen LogP contribution in [0.15, 0.2) is 42.7 Å². The average Bonchev–Trinajstić information content (AvgIpc) is 2.99. The van der Waals surface area contributed by atoms with Crippen LogP contribution in [0.3, 0.4) is 0 Å². The number of carbonyl (C=O) groups is 1. The number of benzene rings is 1. The number of aromatic nitrogens is 3. The molecule has 1 fully saturated rings. The van der Waals surface area contributed by atoms with Crippen molar-refractivity contribution >= 4 is 22.8 Å². The minimum atomic E-state index is -1.61. The molecule has 7 nitrogen and oxygen atoms in total. The Kier molecular flexibility index (Phi) is 4.65. The van der Waals surface area contributed by atoms with Crippen LogP contribution in [-0.2, 0) is 4.79 Å². The third-order valence-electron chi connectivity index (χ3n) is 4.97. The Morgan fingerprint density at radius 1 is 1.21 bits per heavy atom. The molecule has 1 atom stereocenters. The fourth-order valence-corrected chi connectivity index (χ4v) is 3.32. The zero-order valence-electron chi connectivity index (χ0n) is 16.5. The number of anilines is 1. The van der Waals surface area contributed by atoms with Crippen molar-refractivity contribution in [2.24, 2.45) is 0 Å². The van der Waals surface area contributed by atoms with Gasteiger partial charge in [-0.05, 0) is 24.3 Å². The van der Waals surface area contributed by atoms with Crippen LogP contribution in [0.4, 0.5) is 5.82 Å². The Labute approximate surface area is 169 Å². The second kappa shape index (κ2) is 7.15. The highest BCUT2D eigenvalue weighted by atomic mass is 16.3. The van der Waals surface area contributed by atoms with Crippen LogP contribution in [0.1, 0.15) is 12.0 Å². The summed E-state index contributed by atoms with van der Waals surface area (Å²) < 4.78 is 0. The number of fused-ring (bicyclic) bond motifs is 1. The predicted molar refractivity (Wildman–Crippen MR) is 111 cm³/mol. The van der Waals surface area contributed by atoms with Gasteiger partial charge in [-0.3, -0.25) is 4.79 Å². The van der Waals surface area contributed by atoms with Crippen LogP contribution >= 0.6 is 0 Å². The lowest BCUT2D eigenvalue weighted by Crippen LogP contribution is -2.37. The van der Waals surface area contributed by atoms with Crippen molar-refractivity contribution in [3.63, 3.8) is 0 Å². The summed E-state index contributed by atoms with van der Waals surface area (Å²) in [6.07, 6.45) is 1.84. The van der Waals surface area contributed by atoms with Gasteiger partial charge in [0.1, 0.15) is 11.8 Å². The van der Waals surface area contributed by atoms with E-state index in [1.807, 2.05) is 55.4 Å². The summed E-state index contributed by atoms with van der Waals surface area (Å²) in [7, 11) is 5.50. The van der Waals surface area contributed by atoms with Crippen molar-refractivity contribution in [3.05, 3.63) is 48.3 Å². The SMILES string of the molecule is CN1CC[C@@](O)(C#Cc2cccc(-c3ccc4ncnc(N(C)C)c4n3)c2)C1=O. The highest BCUT2D eigenvalue weighted by Gasteiger charge is 2.42. The first-order valence-electron chi connectivity index (χ1n) is 9.28. The molecular formula is C22H21N5O2. The summed E-state index contributed by atoms with van der Waals surface area (Å²) in [5.74, 6) is 6.10. The molecule has 2 aromatic heterocycles. The van der Waals surface area contributed by atoms with E-state index in [9.17, 15) is 9.90 Å². The van der Waals surface area contributed by atoms with Gasteiger partial charge in [0.15, 0.2) is 5.82 Å². The number of aliphatic hydroxyl groups is 1. The maximum Gasteiger partial charge on any atom is 0.267 e. The van der Waals surface area contributed by atoms with Gasteiger partial charge in [0.05, 0.1) is 11.2 Å². The van der Waals surface area contributed by atoms with Crippen molar-refractivity contribution in [1.82, 2.24) is 19.9 Å². The number of likely N-dealkylation sites (tertiary alicyclic amines) is 1. The van der Waals surface area contributed by atoms with Crippen LogP contribution < -0.4 is 4.90 Å². The van der Waals surface area contributed by atoms with Crippen LogP contribution in [0, 0.1) is 11.8 Å². The molecule has 4 rings (SSSR count). The number of amides is 1. The number of likely N-dealkylation sites (N-methyl/N-ethyl adjacent to an activating group) is 1. The van der Waals surface area contributed by atoms with Gasteiger partial charge in [-0.15, -0.1) is 0 Å². The fourth-order valence-electron chi connectivity index (χ4n) is 3.32. The second-order valence-electron chi connectivity index (χ2n) is 7.32. The number of carbonyl (C=O) groups excluding carboxylic acids is 1. The summed E-state index contributed by atoms with van der Waals surface area (Å²) in [5.41, 5.74) is 2.25. The van der Waals surface area contributed by atoms with E-state index in [1.165, 1.54) is 11.2 Å². The molecule has 1 aliphatic rings. The molecular weight excluding hydrogens is 366 g/mol. The maximum atomic E-state index is 12.1. The summed E-state index contributed by atoms with van der Waals surface area (Å²) in [4.78, 5) is 28.9. The summed E-state index contributed by atoms with van der Waals surface area (Å²) in [6.45, 7) is 0.501. The molecule has 3 heterocycles. The lowest BCUT2D eigenvalue weighted by Gasteiger charge is -2.13. The number of hydrogen-bond donors (Lipinski definition) is 1. The van der Waals surface area contributed by atoms with Gasteiger partial charge in [0.25, 0.3) is 5.91 Å². The van der Waals surface area contributed by atoms with Crippen molar-refractivity contribution < 1.29 is 9.90 Å². The first-order valence-corrected chi connectivity index (χ1v) is 9.28. The summed E-state index contributed by atoms with van der Waals surface area (Å²) >= 11 is 0. The molecule has 0 unspecified atom stereocenters. The first kappa shape index (κ1) is 18.8. The standard InChI is InChI=1S/C22H21N5O2/c1-26(2)20-19-18(23-14-24-20)8-7-17(25-19)16-6-4-5-15(13-16)9-10-22(29)11-12-27(3)21(22)28/h4-8,13-14,29H,11-12H2,1-3H3/t22-/m0/s1. The van der Waals surface area contributed by atoms with E-state index >= 15 is 0 Å². The first-order chi connectivity index (χ1) is 13.9. The molecule has 0 spiro atoms. The fraction of sp³-hybridized carbons (Fsp3) is 0.273. The topological polar surface area (TPSA) is 82.4 Å². The van der Waals surface area contributed by atoms with E-state index in [0.717, 1.165) is 28.1 Å². The monoisotopic (exact) mass is 387 g/mol. The van der Waals surface area contributed by atoms with E-state index in [0.29, 0.717) is 18.5 Å². The highest BCUT2D eigenvalue weighted by molar-refractivity contribution is 5.90.